The summed E-state index contributed by atoms with van der Waals surface area (Å²) in [6, 6.07) is 5.70. The molecule has 1 aliphatic rings. The van der Waals surface area contributed by atoms with Crippen LogP contribution in [0.1, 0.15) is 26.7 Å². The summed E-state index contributed by atoms with van der Waals surface area (Å²) in [6.45, 7) is 9.80. The summed E-state index contributed by atoms with van der Waals surface area (Å²) in [7, 11) is -3.43. The van der Waals surface area contributed by atoms with Crippen LogP contribution >= 0.6 is 0 Å². The van der Waals surface area contributed by atoms with Gasteiger partial charge in [-0.2, -0.15) is 0 Å². The normalized spacial score (nSPS) is 14.4. The van der Waals surface area contributed by atoms with Gasteiger partial charge in [0.1, 0.15) is 5.71 Å². The zero-order valence-electron chi connectivity index (χ0n) is 16.0. The summed E-state index contributed by atoms with van der Waals surface area (Å²) in [5, 5.41) is 6.93. The molecule has 1 aromatic heterocycles. The second-order valence-electron chi connectivity index (χ2n) is 7.06. The van der Waals surface area contributed by atoms with Crippen LogP contribution in [0, 0.1) is 5.71 Å². The summed E-state index contributed by atoms with van der Waals surface area (Å²) >= 11 is 0. The predicted molar refractivity (Wildman–Crippen MR) is 110 cm³/mol. The summed E-state index contributed by atoms with van der Waals surface area (Å²) in [5.41, 5.74) is 9.88. The Bertz CT molecular complexity index is 1060. The Balaban J connectivity index is 2.04. The smallest absolute Gasteiger partial charge is 0.322 e. The van der Waals surface area contributed by atoms with E-state index in [1.165, 1.54) is 0 Å². The van der Waals surface area contributed by atoms with Gasteiger partial charge in [0.25, 0.3) is 0 Å². The third-order valence-corrected chi connectivity index (χ3v) is 5.11. The summed E-state index contributed by atoms with van der Waals surface area (Å²) in [5.74, 6) is 0.480. The molecule has 8 nitrogen and oxygen atoms in total. The minimum absolute atomic E-state index is 0.477. The molecule has 0 aliphatic carbocycles. The highest BCUT2D eigenvalue weighted by Crippen LogP contribution is 2.32. The highest BCUT2D eigenvalue weighted by atomic mass is 32.2. The van der Waals surface area contributed by atoms with Crippen molar-refractivity contribution in [2.24, 2.45) is 0 Å². The van der Waals surface area contributed by atoms with Crippen LogP contribution in [0.4, 0.5) is 28.6 Å². The van der Waals surface area contributed by atoms with Gasteiger partial charge in [0.05, 0.1) is 23.0 Å². The second kappa shape index (κ2) is 7.15. The van der Waals surface area contributed by atoms with E-state index in [0.717, 1.165) is 43.6 Å². The van der Waals surface area contributed by atoms with E-state index in [1.54, 1.807) is 4.36 Å². The number of benzene rings is 1. The molecule has 0 radical (unpaired) electrons. The lowest BCUT2D eigenvalue weighted by atomic mass is 10.2. The number of anilines is 5. The van der Waals surface area contributed by atoms with E-state index < -0.39 is 10.0 Å². The molecule has 0 spiro atoms. The van der Waals surface area contributed by atoms with Gasteiger partial charge < -0.3 is 10.2 Å². The van der Waals surface area contributed by atoms with E-state index >= 15 is 0 Å². The third kappa shape index (κ3) is 4.19. The van der Waals surface area contributed by atoms with Gasteiger partial charge in [0, 0.05) is 18.8 Å². The molecule has 2 heterocycles. The quantitative estimate of drug-likeness (QED) is 0.577. The molecule has 0 amide bonds. The molecule has 27 heavy (non-hydrogen) atoms. The SMILES string of the molecule is C=c1[nH][n+](=C(C)C)c(N)c1Nc1ccc(N2CCCC2)cc1NS(C)(=O)=O. The van der Waals surface area contributed by atoms with Crippen molar-refractivity contribution in [3.8, 4) is 0 Å². The monoisotopic (exact) mass is 391 g/mol. The standard InChI is InChI=1S/C18H27N6O2S/c1-12(2)24-18(19)17(13(3)21-24)20-15-8-7-14(23-9-5-6-10-23)11-16(15)22-27(4,25)26/h7-8,11,20-22H,3,5-6,9-10,19H2,1-2,4H3/q+1. The molecule has 1 aliphatic heterocycles. The number of nitrogens with two attached hydrogens (primary N) is 1. The van der Waals surface area contributed by atoms with E-state index in [-0.39, 0.29) is 0 Å². The molecule has 0 saturated carbocycles. The van der Waals surface area contributed by atoms with E-state index in [4.69, 9.17) is 5.73 Å². The Morgan fingerprint density at radius 2 is 1.93 bits per heavy atom. The van der Waals surface area contributed by atoms with E-state index in [9.17, 15) is 8.42 Å². The molecule has 1 saturated heterocycles. The molecule has 146 valence electrons. The van der Waals surface area contributed by atoms with Crippen molar-refractivity contribution in [3.05, 3.63) is 29.3 Å². The van der Waals surface area contributed by atoms with Crippen LogP contribution in [-0.4, -0.2) is 32.9 Å². The predicted octanol–water partition coefficient (Wildman–Crippen LogP) is 1.43. The summed E-state index contributed by atoms with van der Waals surface area (Å²) in [6.07, 6.45) is 3.43. The van der Waals surface area contributed by atoms with Crippen molar-refractivity contribution in [3.63, 3.8) is 0 Å². The highest BCUT2D eigenvalue weighted by molar-refractivity contribution is 7.92. The minimum Gasteiger partial charge on any atom is -0.371 e. The van der Waals surface area contributed by atoms with Gasteiger partial charge in [-0.3, -0.25) is 10.5 Å². The van der Waals surface area contributed by atoms with Gasteiger partial charge in [0.15, 0.2) is 5.69 Å². The number of H-pyrrole nitrogens is 1. The van der Waals surface area contributed by atoms with Crippen LogP contribution in [0.15, 0.2) is 18.2 Å². The Labute approximate surface area is 159 Å². The van der Waals surface area contributed by atoms with Gasteiger partial charge in [-0.05, 0) is 44.9 Å². The maximum Gasteiger partial charge on any atom is 0.322 e. The number of aromatic amines is 1. The summed E-state index contributed by atoms with van der Waals surface area (Å²) < 4.78 is 28.1. The maximum atomic E-state index is 11.9. The van der Waals surface area contributed by atoms with Gasteiger partial charge in [-0.25, -0.2) is 13.5 Å². The molecule has 1 aromatic carbocycles. The number of nitrogens with one attached hydrogen (secondary N) is 3. The Hall–Kier alpha value is -2.68. The fourth-order valence-corrected chi connectivity index (χ4v) is 3.81. The first-order valence-electron chi connectivity index (χ1n) is 8.85. The Kier molecular flexibility index (Phi) is 5.05. The van der Waals surface area contributed by atoms with Gasteiger partial charge in [-0.1, -0.05) is 6.58 Å². The van der Waals surface area contributed by atoms with Crippen molar-refractivity contribution in [1.29, 1.82) is 0 Å². The molecular weight excluding hydrogens is 364 g/mol. The van der Waals surface area contributed by atoms with Gasteiger partial charge in [-0.15, -0.1) is 4.36 Å². The fourth-order valence-electron chi connectivity index (χ4n) is 3.24. The average molecular weight is 392 g/mol. The van der Waals surface area contributed by atoms with Crippen LogP contribution in [0.5, 0.6) is 0 Å². The van der Waals surface area contributed by atoms with E-state index in [1.807, 2.05) is 32.0 Å². The highest BCUT2D eigenvalue weighted by Gasteiger charge is 2.18. The van der Waals surface area contributed by atoms with Crippen LogP contribution in [0.3, 0.4) is 0 Å². The number of hydrogen-bond donors (Lipinski definition) is 4. The third-order valence-electron chi connectivity index (χ3n) is 4.52. The molecule has 9 heteroatoms. The van der Waals surface area contributed by atoms with Crippen molar-refractivity contribution in [2.75, 3.05) is 40.0 Å². The molecule has 5 N–H and O–H groups in total. The second-order valence-corrected chi connectivity index (χ2v) is 8.80. The van der Waals surface area contributed by atoms with Crippen LogP contribution < -0.4 is 30.4 Å². The molecule has 3 rings (SSSR count). The molecule has 0 bridgehead atoms. The number of rotatable bonds is 5. The van der Waals surface area contributed by atoms with Gasteiger partial charge >= 0.3 is 5.82 Å². The zero-order valence-corrected chi connectivity index (χ0v) is 16.8. The topological polar surface area (TPSA) is 109 Å². The van der Waals surface area contributed by atoms with Gasteiger partial charge in [0.2, 0.25) is 10.0 Å². The molecule has 1 fully saturated rings. The lowest BCUT2D eigenvalue weighted by Gasteiger charge is -2.20. The Morgan fingerprint density at radius 3 is 2.48 bits per heavy atom. The van der Waals surface area contributed by atoms with Crippen molar-refractivity contribution in [2.45, 2.75) is 26.7 Å². The number of nitrogen functional groups attached to an aromatic ring is 1. The lowest BCUT2D eigenvalue weighted by Crippen LogP contribution is -2.27. The number of aromatic nitrogens is 2. The van der Waals surface area contributed by atoms with Crippen LogP contribution in [-0.2, 0) is 10.0 Å². The first-order valence-corrected chi connectivity index (χ1v) is 10.7. The minimum atomic E-state index is -3.43. The average Bonchev–Trinajstić information content (AvgIpc) is 3.18. The number of nitrogens with zero attached hydrogens (tertiary/aromatic N) is 2. The maximum absolute atomic E-state index is 11.9. The molecular formula is C18H27N6O2S+. The molecule has 0 atom stereocenters. The van der Waals surface area contributed by atoms with E-state index in [2.05, 4.69) is 26.6 Å². The largest absolute Gasteiger partial charge is 0.371 e. The molecule has 0 unspecified atom stereocenters. The number of hydrogen-bond acceptors (Lipinski definition) is 5. The van der Waals surface area contributed by atoms with Crippen molar-refractivity contribution >= 4 is 45.2 Å². The first-order chi connectivity index (χ1) is 12.7. The fraction of sp³-hybridized carbons (Fsp3) is 0.389. The summed E-state index contributed by atoms with van der Waals surface area (Å²) in [4.78, 5) is 2.25. The van der Waals surface area contributed by atoms with Crippen molar-refractivity contribution in [1.82, 2.24) is 5.10 Å². The van der Waals surface area contributed by atoms with Crippen LogP contribution in [0.25, 0.3) is 6.58 Å². The Morgan fingerprint density at radius 1 is 1.26 bits per heavy atom. The first kappa shape index (κ1) is 19.1. The van der Waals surface area contributed by atoms with Crippen molar-refractivity contribution < 1.29 is 12.8 Å². The van der Waals surface area contributed by atoms with Crippen LogP contribution in [0.2, 0.25) is 0 Å². The lowest BCUT2D eigenvalue weighted by molar-refractivity contribution is -0.571. The molecule has 2 aromatic rings. The van der Waals surface area contributed by atoms with E-state index in [0.29, 0.717) is 28.2 Å². The number of sulfonamides is 1. The zero-order chi connectivity index (χ0) is 19.8.